The number of methoxy groups -OCH3 is 1. The maximum atomic E-state index is 13.3. The molecule has 0 amide bonds. The molecule has 106 valence electrons. The van der Waals surface area contributed by atoms with Crippen molar-refractivity contribution in [3.8, 4) is 5.75 Å². The molecule has 0 fully saturated rings. The molecule has 2 nitrogen and oxygen atoms in total. The summed E-state index contributed by atoms with van der Waals surface area (Å²) >= 11 is 0. The van der Waals surface area contributed by atoms with Gasteiger partial charge in [-0.15, -0.1) is 0 Å². The van der Waals surface area contributed by atoms with Gasteiger partial charge in [0.1, 0.15) is 11.6 Å². The van der Waals surface area contributed by atoms with Crippen LogP contribution in [-0.2, 0) is 0 Å². The second kappa shape index (κ2) is 6.53. The molecule has 2 aromatic carbocycles. The third kappa shape index (κ3) is 3.17. The summed E-state index contributed by atoms with van der Waals surface area (Å²) in [5.74, 6) is 0.635. The maximum absolute atomic E-state index is 13.3. The standard InChI is InChI=1S/C17H20FNO/c1-4-19-17(13-5-8-15(20-3)9-6-13)16-10-7-14(18)11-12(16)2/h5-11,17,19H,4H2,1-3H3. The Morgan fingerprint density at radius 3 is 2.40 bits per heavy atom. The number of rotatable bonds is 5. The van der Waals surface area contributed by atoms with Crippen molar-refractivity contribution in [2.75, 3.05) is 13.7 Å². The first-order chi connectivity index (χ1) is 9.65. The van der Waals surface area contributed by atoms with E-state index in [1.807, 2.05) is 37.3 Å². The lowest BCUT2D eigenvalue weighted by Crippen LogP contribution is -2.22. The van der Waals surface area contributed by atoms with Crippen molar-refractivity contribution in [2.24, 2.45) is 0 Å². The first-order valence-corrected chi connectivity index (χ1v) is 6.79. The number of aryl methyl sites for hydroxylation is 1. The van der Waals surface area contributed by atoms with Crippen molar-refractivity contribution in [1.29, 1.82) is 0 Å². The molecule has 0 spiro atoms. The quantitative estimate of drug-likeness (QED) is 0.893. The van der Waals surface area contributed by atoms with Crippen molar-refractivity contribution in [3.63, 3.8) is 0 Å². The van der Waals surface area contributed by atoms with Crippen molar-refractivity contribution in [2.45, 2.75) is 19.9 Å². The van der Waals surface area contributed by atoms with E-state index in [0.717, 1.165) is 29.0 Å². The van der Waals surface area contributed by atoms with E-state index in [2.05, 4.69) is 12.2 Å². The van der Waals surface area contributed by atoms with Gasteiger partial charge in [0.2, 0.25) is 0 Å². The number of hydrogen-bond acceptors (Lipinski definition) is 2. The molecule has 20 heavy (non-hydrogen) atoms. The Balaban J connectivity index is 2.38. The molecular formula is C17H20FNO. The van der Waals surface area contributed by atoms with Gasteiger partial charge in [-0.05, 0) is 54.4 Å². The largest absolute Gasteiger partial charge is 0.497 e. The summed E-state index contributed by atoms with van der Waals surface area (Å²) in [6.07, 6.45) is 0. The average Bonchev–Trinajstić information content (AvgIpc) is 2.46. The van der Waals surface area contributed by atoms with Crippen LogP contribution in [0.15, 0.2) is 42.5 Å². The Morgan fingerprint density at radius 2 is 1.85 bits per heavy atom. The number of ether oxygens (including phenoxy) is 1. The fourth-order valence-electron chi connectivity index (χ4n) is 2.37. The minimum atomic E-state index is -0.198. The van der Waals surface area contributed by atoms with Crippen LogP contribution in [0.3, 0.4) is 0 Å². The van der Waals surface area contributed by atoms with Gasteiger partial charge in [-0.3, -0.25) is 0 Å². The zero-order valence-electron chi connectivity index (χ0n) is 12.1. The van der Waals surface area contributed by atoms with E-state index in [9.17, 15) is 4.39 Å². The molecule has 0 saturated carbocycles. The van der Waals surface area contributed by atoms with Gasteiger partial charge in [0, 0.05) is 0 Å². The van der Waals surface area contributed by atoms with Gasteiger partial charge in [0.25, 0.3) is 0 Å². The summed E-state index contributed by atoms with van der Waals surface area (Å²) in [6.45, 7) is 4.84. The number of nitrogens with one attached hydrogen (secondary N) is 1. The summed E-state index contributed by atoms with van der Waals surface area (Å²) < 4.78 is 18.4. The highest BCUT2D eigenvalue weighted by atomic mass is 19.1. The fourth-order valence-corrected chi connectivity index (χ4v) is 2.37. The van der Waals surface area contributed by atoms with Crippen LogP contribution in [0.1, 0.15) is 29.7 Å². The first kappa shape index (κ1) is 14.5. The number of halogens is 1. The molecule has 2 aromatic rings. The molecule has 0 aromatic heterocycles. The number of hydrogen-bond donors (Lipinski definition) is 1. The Labute approximate surface area is 119 Å². The van der Waals surface area contributed by atoms with Crippen LogP contribution >= 0.6 is 0 Å². The second-order valence-electron chi connectivity index (χ2n) is 4.76. The van der Waals surface area contributed by atoms with E-state index >= 15 is 0 Å². The molecule has 0 saturated heterocycles. The van der Waals surface area contributed by atoms with Gasteiger partial charge in [0.05, 0.1) is 13.2 Å². The Hall–Kier alpha value is -1.87. The smallest absolute Gasteiger partial charge is 0.123 e. The van der Waals surface area contributed by atoms with Crippen LogP contribution in [0, 0.1) is 12.7 Å². The molecule has 0 aliphatic heterocycles. The van der Waals surface area contributed by atoms with Crippen LogP contribution in [0.5, 0.6) is 5.75 Å². The molecule has 1 atom stereocenters. The SMILES string of the molecule is CCNC(c1ccc(OC)cc1)c1ccc(F)cc1C. The third-order valence-corrected chi connectivity index (χ3v) is 3.40. The third-order valence-electron chi connectivity index (χ3n) is 3.40. The zero-order valence-corrected chi connectivity index (χ0v) is 12.1. The minimum absolute atomic E-state index is 0.0616. The Kier molecular flexibility index (Phi) is 4.74. The van der Waals surface area contributed by atoms with Gasteiger partial charge in [-0.25, -0.2) is 4.39 Å². The molecule has 0 aliphatic rings. The van der Waals surface area contributed by atoms with Gasteiger partial charge in [-0.2, -0.15) is 0 Å². The molecule has 0 aliphatic carbocycles. The number of benzene rings is 2. The van der Waals surface area contributed by atoms with E-state index in [0.29, 0.717) is 0 Å². The predicted octanol–water partition coefficient (Wildman–Crippen LogP) is 3.84. The van der Waals surface area contributed by atoms with Crippen molar-refractivity contribution >= 4 is 0 Å². The van der Waals surface area contributed by atoms with Crippen LogP contribution in [-0.4, -0.2) is 13.7 Å². The van der Waals surface area contributed by atoms with Crippen molar-refractivity contribution in [3.05, 3.63) is 65.0 Å². The minimum Gasteiger partial charge on any atom is -0.497 e. The predicted molar refractivity (Wildman–Crippen MR) is 79.7 cm³/mol. The normalized spacial score (nSPS) is 12.2. The van der Waals surface area contributed by atoms with E-state index in [1.54, 1.807) is 13.2 Å². The van der Waals surface area contributed by atoms with Gasteiger partial charge in [-0.1, -0.05) is 25.1 Å². The summed E-state index contributed by atoms with van der Waals surface area (Å²) in [4.78, 5) is 0. The molecule has 1 unspecified atom stereocenters. The van der Waals surface area contributed by atoms with E-state index in [1.165, 1.54) is 6.07 Å². The monoisotopic (exact) mass is 273 g/mol. The van der Waals surface area contributed by atoms with Crippen molar-refractivity contribution in [1.82, 2.24) is 5.32 Å². The second-order valence-corrected chi connectivity index (χ2v) is 4.76. The highest BCUT2D eigenvalue weighted by molar-refractivity contribution is 5.39. The Morgan fingerprint density at radius 1 is 1.15 bits per heavy atom. The van der Waals surface area contributed by atoms with Gasteiger partial charge in [0.15, 0.2) is 0 Å². The van der Waals surface area contributed by atoms with E-state index in [4.69, 9.17) is 4.74 Å². The highest BCUT2D eigenvalue weighted by Gasteiger charge is 2.15. The first-order valence-electron chi connectivity index (χ1n) is 6.79. The van der Waals surface area contributed by atoms with E-state index in [-0.39, 0.29) is 11.9 Å². The van der Waals surface area contributed by atoms with Crippen LogP contribution in [0.2, 0.25) is 0 Å². The molecule has 3 heteroatoms. The molecule has 0 radical (unpaired) electrons. The lowest BCUT2D eigenvalue weighted by Gasteiger charge is -2.21. The van der Waals surface area contributed by atoms with Crippen LogP contribution in [0.25, 0.3) is 0 Å². The lowest BCUT2D eigenvalue weighted by atomic mass is 9.95. The molecule has 1 N–H and O–H groups in total. The molecule has 2 rings (SSSR count). The summed E-state index contributed by atoms with van der Waals surface area (Å²) in [6, 6.07) is 13.0. The molecular weight excluding hydrogens is 253 g/mol. The van der Waals surface area contributed by atoms with Gasteiger partial charge >= 0.3 is 0 Å². The fraction of sp³-hybridized carbons (Fsp3) is 0.294. The average molecular weight is 273 g/mol. The summed E-state index contributed by atoms with van der Waals surface area (Å²) in [7, 11) is 1.65. The zero-order chi connectivity index (χ0) is 14.5. The molecule has 0 bridgehead atoms. The van der Waals surface area contributed by atoms with E-state index < -0.39 is 0 Å². The van der Waals surface area contributed by atoms with Crippen LogP contribution < -0.4 is 10.1 Å². The summed E-state index contributed by atoms with van der Waals surface area (Å²) in [5.41, 5.74) is 3.19. The lowest BCUT2D eigenvalue weighted by molar-refractivity contribution is 0.414. The highest BCUT2D eigenvalue weighted by Crippen LogP contribution is 2.26. The summed E-state index contributed by atoms with van der Waals surface area (Å²) in [5, 5.41) is 3.45. The molecule has 0 heterocycles. The van der Waals surface area contributed by atoms with Crippen LogP contribution in [0.4, 0.5) is 4.39 Å². The van der Waals surface area contributed by atoms with Crippen molar-refractivity contribution < 1.29 is 9.13 Å². The Bertz CT molecular complexity index is 566. The van der Waals surface area contributed by atoms with Gasteiger partial charge < -0.3 is 10.1 Å². The topological polar surface area (TPSA) is 21.3 Å². The maximum Gasteiger partial charge on any atom is 0.123 e.